The molecule has 178 valence electrons. The minimum absolute atomic E-state index is 0.0624. The van der Waals surface area contributed by atoms with Crippen LogP contribution in [0.4, 0.5) is 10.3 Å². The molecule has 1 fully saturated rings. The average Bonchev–Trinajstić information content (AvgIpc) is 3.32. The van der Waals surface area contributed by atoms with Crippen molar-refractivity contribution >= 4 is 21.9 Å². The molecule has 0 radical (unpaired) electrons. The van der Waals surface area contributed by atoms with E-state index in [1.54, 1.807) is 24.3 Å². The van der Waals surface area contributed by atoms with Gasteiger partial charge in [0.15, 0.2) is 5.82 Å². The van der Waals surface area contributed by atoms with Crippen molar-refractivity contribution in [1.82, 2.24) is 19.5 Å². The minimum atomic E-state index is -3.60. The lowest BCUT2D eigenvalue weighted by atomic mass is 9.92. The summed E-state index contributed by atoms with van der Waals surface area (Å²) in [5.74, 6) is -0.786. The number of fused-ring (bicyclic) bond motifs is 1. The largest absolute Gasteiger partial charge is 0.293 e. The average molecular weight is 484 g/mol. The van der Waals surface area contributed by atoms with E-state index >= 15 is 0 Å². The highest BCUT2D eigenvalue weighted by molar-refractivity contribution is 7.89. The molecule has 2 aliphatic rings. The van der Waals surface area contributed by atoms with Crippen molar-refractivity contribution in [3.8, 4) is 11.4 Å². The van der Waals surface area contributed by atoms with Crippen molar-refractivity contribution in [2.24, 2.45) is 5.92 Å². The first-order valence-electron chi connectivity index (χ1n) is 11.5. The smallest absolute Gasteiger partial charge is 0.249 e. The second-order valence-electron chi connectivity index (χ2n) is 8.79. The molecule has 0 saturated carbocycles. The SMILES string of the molecule is O=C(Nc1n[nH]c(-c2ccccc2F)n1)C1CCN(S(=O)(=O)c2ccc3c(c2)CCCC3)CC1. The number of piperidine rings is 1. The number of aryl methyl sites for hydroxylation is 2. The summed E-state index contributed by atoms with van der Waals surface area (Å²) < 4.78 is 41.8. The molecule has 0 atom stereocenters. The molecule has 0 bridgehead atoms. The van der Waals surface area contributed by atoms with E-state index in [0.29, 0.717) is 17.7 Å². The van der Waals surface area contributed by atoms with Gasteiger partial charge in [-0.3, -0.25) is 15.2 Å². The first-order valence-corrected chi connectivity index (χ1v) is 13.0. The van der Waals surface area contributed by atoms with E-state index in [1.165, 1.54) is 15.9 Å². The molecule has 2 N–H and O–H groups in total. The van der Waals surface area contributed by atoms with Gasteiger partial charge in [0.05, 0.1) is 10.5 Å². The summed E-state index contributed by atoms with van der Waals surface area (Å²) in [6.07, 6.45) is 4.96. The number of sulfonamides is 1. The molecule has 1 aliphatic carbocycles. The Morgan fingerprint density at radius 1 is 1.06 bits per heavy atom. The van der Waals surface area contributed by atoms with Gasteiger partial charge in [-0.25, -0.2) is 12.8 Å². The van der Waals surface area contributed by atoms with Gasteiger partial charge in [0.2, 0.25) is 21.9 Å². The summed E-state index contributed by atoms with van der Waals surface area (Å²) in [7, 11) is -3.60. The van der Waals surface area contributed by atoms with Crippen LogP contribution in [0, 0.1) is 11.7 Å². The maximum Gasteiger partial charge on any atom is 0.249 e. The second kappa shape index (κ2) is 9.27. The number of nitrogens with one attached hydrogen (secondary N) is 2. The van der Waals surface area contributed by atoms with Gasteiger partial charge in [-0.05, 0) is 73.9 Å². The predicted octanol–water partition coefficient (Wildman–Crippen LogP) is 3.53. The molecule has 8 nitrogen and oxygen atoms in total. The monoisotopic (exact) mass is 483 g/mol. The molecule has 2 heterocycles. The Hall–Kier alpha value is -3.11. The number of aromatic amines is 1. The highest BCUT2D eigenvalue weighted by atomic mass is 32.2. The first kappa shape index (κ1) is 22.7. The second-order valence-corrected chi connectivity index (χ2v) is 10.7. The van der Waals surface area contributed by atoms with Crippen LogP contribution < -0.4 is 5.32 Å². The number of H-pyrrole nitrogens is 1. The number of amides is 1. The fourth-order valence-electron chi connectivity index (χ4n) is 4.68. The summed E-state index contributed by atoms with van der Waals surface area (Å²) in [6.45, 7) is 0.540. The number of carbonyl (C=O) groups excluding carboxylic acids is 1. The molecule has 2 aromatic carbocycles. The molecular formula is C24H26FN5O3S. The van der Waals surface area contributed by atoms with Crippen molar-refractivity contribution in [3.05, 3.63) is 59.4 Å². The maximum atomic E-state index is 13.9. The summed E-state index contributed by atoms with van der Waals surface area (Å²) in [4.78, 5) is 17.2. The van der Waals surface area contributed by atoms with Crippen molar-refractivity contribution in [2.75, 3.05) is 18.4 Å². The van der Waals surface area contributed by atoms with Crippen LogP contribution in [0.15, 0.2) is 47.4 Å². The number of halogens is 1. The Bertz CT molecular complexity index is 1320. The highest BCUT2D eigenvalue weighted by Gasteiger charge is 2.33. The summed E-state index contributed by atoms with van der Waals surface area (Å²) in [5, 5.41) is 9.25. The molecule has 1 aromatic heterocycles. The molecule has 10 heteroatoms. The zero-order valence-corrected chi connectivity index (χ0v) is 19.4. The van der Waals surface area contributed by atoms with E-state index in [1.807, 2.05) is 12.1 Å². The zero-order chi connectivity index (χ0) is 23.7. The highest BCUT2D eigenvalue weighted by Crippen LogP contribution is 2.28. The van der Waals surface area contributed by atoms with Gasteiger partial charge in [0.25, 0.3) is 0 Å². The maximum absolute atomic E-state index is 13.9. The van der Waals surface area contributed by atoms with Crippen molar-refractivity contribution in [2.45, 2.75) is 43.4 Å². The van der Waals surface area contributed by atoms with Gasteiger partial charge >= 0.3 is 0 Å². The van der Waals surface area contributed by atoms with Crippen molar-refractivity contribution in [3.63, 3.8) is 0 Å². The van der Waals surface area contributed by atoms with Crippen LogP contribution in [0.3, 0.4) is 0 Å². The lowest BCUT2D eigenvalue weighted by molar-refractivity contribution is -0.121. The van der Waals surface area contributed by atoms with Gasteiger partial charge < -0.3 is 0 Å². The third-order valence-electron chi connectivity index (χ3n) is 6.63. The third kappa shape index (κ3) is 4.47. The number of aromatic nitrogens is 3. The number of benzene rings is 2. The minimum Gasteiger partial charge on any atom is -0.293 e. The van der Waals surface area contributed by atoms with Gasteiger partial charge in [-0.15, -0.1) is 5.10 Å². The summed E-state index contributed by atoms with van der Waals surface area (Å²) in [6, 6.07) is 11.6. The number of hydrogen-bond acceptors (Lipinski definition) is 5. The molecule has 1 amide bonds. The summed E-state index contributed by atoms with van der Waals surface area (Å²) >= 11 is 0. The Morgan fingerprint density at radius 2 is 1.79 bits per heavy atom. The van der Waals surface area contributed by atoms with Gasteiger partial charge in [-0.1, -0.05) is 18.2 Å². The lowest BCUT2D eigenvalue weighted by Crippen LogP contribution is -2.41. The molecular weight excluding hydrogens is 457 g/mol. The van der Waals surface area contributed by atoms with Crippen molar-refractivity contribution < 1.29 is 17.6 Å². The van der Waals surface area contributed by atoms with E-state index in [9.17, 15) is 17.6 Å². The molecule has 5 rings (SSSR count). The fraction of sp³-hybridized carbons (Fsp3) is 0.375. The van der Waals surface area contributed by atoms with Gasteiger partial charge in [0, 0.05) is 19.0 Å². The van der Waals surface area contributed by atoms with Gasteiger partial charge in [-0.2, -0.15) is 9.29 Å². The normalized spacial score (nSPS) is 17.3. The van der Waals surface area contributed by atoms with E-state index in [0.717, 1.165) is 31.2 Å². The quantitative estimate of drug-likeness (QED) is 0.577. The topological polar surface area (TPSA) is 108 Å². The molecule has 0 unspecified atom stereocenters. The number of carbonyl (C=O) groups is 1. The van der Waals surface area contributed by atoms with Crippen LogP contribution in [-0.2, 0) is 27.7 Å². The van der Waals surface area contributed by atoms with Crippen LogP contribution >= 0.6 is 0 Å². The lowest BCUT2D eigenvalue weighted by Gasteiger charge is -2.30. The first-order chi connectivity index (χ1) is 16.4. The van der Waals surface area contributed by atoms with Crippen LogP contribution in [0.1, 0.15) is 36.8 Å². The summed E-state index contributed by atoms with van der Waals surface area (Å²) in [5.41, 5.74) is 2.63. The standard InChI is InChI=1S/C24H26FN5O3S/c25-21-8-4-3-7-20(21)22-26-24(29-28-22)27-23(31)17-11-13-30(14-12-17)34(32,33)19-10-9-16-5-1-2-6-18(16)15-19/h3-4,7-10,15,17H,1-2,5-6,11-14H2,(H2,26,27,28,29,31). The number of hydrogen-bond donors (Lipinski definition) is 2. The van der Waals surface area contributed by atoms with E-state index in [2.05, 4.69) is 20.5 Å². The van der Waals surface area contributed by atoms with Crippen LogP contribution in [0.5, 0.6) is 0 Å². The van der Waals surface area contributed by atoms with E-state index in [4.69, 9.17) is 0 Å². The Balaban J connectivity index is 1.21. The molecule has 3 aromatic rings. The zero-order valence-electron chi connectivity index (χ0n) is 18.6. The van der Waals surface area contributed by atoms with E-state index < -0.39 is 15.8 Å². The van der Waals surface area contributed by atoms with Crippen LogP contribution in [0.25, 0.3) is 11.4 Å². The molecule has 34 heavy (non-hydrogen) atoms. The van der Waals surface area contributed by atoms with Crippen LogP contribution in [-0.4, -0.2) is 46.9 Å². The Labute approximate surface area is 197 Å². The molecule has 1 aliphatic heterocycles. The number of anilines is 1. The van der Waals surface area contributed by atoms with E-state index in [-0.39, 0.29) is 42.3 Å². The number of nitrogens with zero attached hydrogens (tertiary/aromatic N) is 3. The van der Waals surface area contributed by atoms with Gasteiger partial charge in [0.1, 0.15) is 5.82 Å². The fourth-order valence-corrected chi connectivity index (χ4v) is 6.20. The molecule has 1 saturated heterocycles. The Morgan fingerprint density at radius 3 is 2.56 bits per heavy atom. The predicted molar refractivity (Wildman–Crippen MR) is 125 cm³/mol. The number of rotatable bonds is 5. The van der Waals surface area contributed by atoms with Crippen molar-refractivity contribution in [1.29, 1.82) is 0 Å². The Kier molecular flexibility index (Phi) is 6.18. The third-order valence-corrected chi connectivity index (χ3v) is 8.53. The van der Waals surface area contributed by atoms with Crippen LogP contribution in [0.2, 0.25) is 0 Å². The molecule has 0 spiro atoms.